The van der Waals surface area contributed by atoms with Gasteiger partial charge in [0.2, 0.25) is 5.91 Å². The first kappa shape index (κ1) is 14.7. The first-order chi connectivity index (χ1) is 10.5. The van der Waals surface area contributed by atoms with Crippen LogP contribution in [0.1, 0.15) is 5.56 Å². The van der Waals surface area contributed by atoms with Crippen LogP contribution in [0.2, 0.25) is 0 Å². The monoisotopic (exact) mass is 311 g/mol. The first-order valence-electron chi connectivity index (χ1n) is 6.92. The van der Waals surface area contributed by atoms with Crippen molar-refractivity contribution in [1.82, 2.24) is 0 Å². The Morgan fingerprint density at radius 2 is 2.14 bits per heavy atom. The van der Waals surface area contributed by atoms with Crippen LogP contribution in [0.3, 0.4) is 0 Å². The summed E-state index contributed by atoms with van der Waals surface area (Å²) in [6, 6.07) is 2.72. The van der Waals surface area contributed by atoms with Crippen LogP contribution in [-0.2, 0) is 16.0 Å². The number of rotatable bonds is 4. The molecule has 2 aliphatic rings. The Balaban J connectivity index is 1.95. The average Bonchev–Trinajstić information content (AvgIpc) is 3.00. The molecule has 0 aliphatic carbocycles. The summed E-state index contributed by atoms with van der Waals surface area (Å²) in [5, 5.41) is 0. The maximum atomic E-state index is 14.3. The van der Waals surface area contributed by atoms with Gasteiger partial charge in [-0.1, -0.05) is 0 Å². The largest absolute Gasteiger partial charge is 0.443 e. The molecule has 0 bridgehead atoms. The normalized spacial score (nSPS) is 20.6. The van der Waals surface area contributed by atoms with E-state index in [0.717, 1.165) is 11.0 Å². The van der Waals surface area contributed by atoms with E-state index in [1.54, 1.807) is 6.07 Å². The number of fused-ring (bicyclic) bond motifs is 1. The predicted octanol–water partition coefficient (Wildman–Crippen LogP) is 0.968. The van der Waals surface area contributed by atoms with Crippen molar-refractivity contribution in [3.05, 3.63) is 23.5 Å². The highest BCUT2D eigenvalue weighted by molar-refractivity contribution is 6.02. The van der Waals surface area contributed by atoms with Gasteiger partial charge in [0.05, 0.1) is 30.9 Å². The molecule has 1 aromatic rings. The number of anilines is 2. The number of carbonyl (C=O) groups is 2. The average molecular weight is 311 g/mol. The molecule has 6 nitrogen and oxygen atoms in total. The van der Waals surface area contributed by atoms with Gasteiger partial charge in [-0.2, -0.15) is 0 Å². The molecule has 0 aromatic heterocycles. The number of hydrogen-bond acceptors (Lipinski definition) is 4. The summed E-state index contributed by atoms with van der Waals surface area (Å²) in [5.41, 5.74) is 6.31. The lowest BCUT2D eigenvalue weighted by Crippen LogP contribution is -2.29. The van der Waals surface area contributed by atoms with E-state index < -0.39 is 24.7 Å². The van der Waals surface area contributed by atoms with Gasteiger partial charge in [-0.05, 0) is 17.7 Å². The number of alkyl halides is 1. The van der Waals surface area contributed by atoms with Crippen molar-refractivity contribution in [2.24, 2.45) is 5.73 Å². The van der Waals surface area contributed by atoms with Gasteiger partial charge < -0.3 is 15.4 Å². The molecular formula is C14H15F2N3O3. The van der Waals surface area contributed by atoms with E-state index in [9.17, 15) is 18.4 Å². The minimum atomic E-state index is -0.747. The van der Waals surface area contributed by atoms with E-state index in [2.05, 4.69) is 0 Å². The standard InChI is InChI=1S/C14H15F2N3O3/c15-1-2-18-12(20)4-8-3-9(5-11(16)13(8)18)19-7-10(6-17)22-14(19)21/h3,5,10H,1-2,4,6-7,17H2/t10-/m1/s1. The van der Waals surface area contributed by atoms with E-state index >= 15 is 0 Å². The highest BCUT2D eigenvalue weighted by Crippen LogP contribution is 2.36. The number of benzene rings is 1. The molecule has 0 unspecified atom stereocenters. The molecule has 2 N–H and O–H groups in total. The third-order valence-electron chi connectivity index (χ3n) is 3.80. The number of nitrogens with zero attached hydrogens (tertiary/aromatic N) is 2. The molecule has 1 atom stereocenters. The van der Waals surface area contributed by atoms with E-state index in [4.69, 9.17) is 10.5 Å². The Bertz CT molecular complexity index is 638. The van der Waals surface area contributed by atoms with Crippen LogP contribution in [0.4, 0.5) is 25.0 Å². The lowest BCUT2D eigenvalue weighted by atomic mass is 10.1. The summed E-state index contributed by atoms with van der Waals surface area (Å²) in [7, 11) is 0. The van der Waals surface area contributed by atoms with Crippen LogP contribution in [0.5, 0.6) is 0 Å². The summed E-state index contributed by atoms with van der Waals surface area (Å²) < 4.78 is 31.9. The van der Waals surface area contributed by atoms with Crippen molar-refractivity contribution in [3.63, 3.8) is 0 Å². The molecule has 22 heavy (non-hydrogen) atoms. The third-order valence-corrected chi connectivity index (χ3v) is 3.80. The maximum absolute atomic E-state index is 14.3. The molecule has 2 heterocycles. The summed E-state index contributed by atoms with van der Waals surface area (Å²) in [4.78, 5) is 26.0. The molecule has 1 aromatic carbocycles. The van der Waals surface area contributed by atoms with Crippen molar-refractivity contribution >= 4 is 23.4 Å². The first-order valence-corrected chi connectivity index (χ1v) is 6.92. The fraction of sp³-hybridized carbons (Fsp3) is 0.429. The van der Waals surface area contributed by atoms with Gasteiger partial charge in [0, 0.05) is 6.54 Å². The minimum Gasteiger partial charge on any atom is -0.443 e. The Morgan fingerprint density at radius 1 is 1.36 bits per heavy atom. The molecule has 8 heteroatoms. The van der Waals surface area contributed by atoms with Crippen molar-refractivity contribution in [3.8, 4) is 0 Å². The molecule has 0 spiro atoms. The van der Waals surface area contributed by atoms with Crippen LogP contribution in [0.25, 0.3) is 0 Å². The second-order valence-electron chi connectivity index (χ2n) is 5.20. The van der Waals surface area contributed by atoms with Gasteiger partial charge in [0.15, 0.2) is 0 Å². The summed E-state index contributed by atoms with van der Waals surface area (Å²) in [5.74, 6) is -1.01. The van der Waals surface area contributed by atoms with Crippen molar-refractivity contribution in [1.29, 1.82) is 0 Å². The zero-order valence-electron chi connectivity index (χ0n) is 11.7. The quantitative estimate of drug-likeness (QED) is 0.899. The Hall–Kier alpha value is -2.22. The lowest BCUT2D eigenvalue weighted by Gasteiger charge is -2.18. The second kappa shape index (κ2) is 5.53. The smallest absolute Gasteiger partial charge is 0.414 e. The molecule has 2 amide bonds. The van der Waals surface area contributed by atoms with Gasteiger partial charge in [-0.25, -0.2) is 13.6 Å². The Kier molecular flexibility index (Phi) is 3.69. The van der Waals surface area contributed by atoms with Gasteiger partial charge in [-0.3, -0.25) is 9.69 Å². The molecule has 0 radical (unpaired) electrons. The zero-order chi connectivity index (χ0) is 15.9. The highest BCUT2D eigenvalue weighted by atomic mass is 19.1. The van der Waals surface area contributed by atoms with Crippen LogP contribution >= 0.6 is 0 Å². The predicted molar refractivity (Wildman–Crippen MR) is 75.1 cm³/mol. The van der Waals surface area contributed by atoms with Crippen LogP contribution < -0.4 is 15.5 Å². The number of cyclic esters (lactones) is 1. The lowest BCUT2D eigenvalue weighted by molar-refractivity contribution is -0.117. The number of ether oxygens (including phenoxy) is 1. The van der Waals surface area contributed by atoms with Gasteiger partial charge in [0.25, 0.3) is 0 Å². The van der Waals surface area contributed by atoms with Crippen molar-refractivity contribution in [2.45, 2.75) is 12.5 Å². The highest BCUT2D eigenvalue weighted by Gasteiger charge is 2.35. The number of halogens is 2. The fourth-order valence-corrected chi connectivity index (χ4v) is 2.79. The van der Waals surface area contributed by atoms with Crippen LogP contribution in [0.15, 0.2) is 12.1 Å². The molecular weight excluding hydrogens is 296 g/mol. The van der Waals surface area contributed by atoms with Crippen molar-refractivity contribution in [2.75, 3.05) is 36.1 Å². The zero-order valence-corrected chi connectivity index (χ0v) is 11.7. The van der Waals surface area contributed by atoms with Gasteiger partial charge in [0.1, 0.15) is 18.6 Å². The van der Waals surface area contributed by atoms with E-state index in [1.165, 1.54) is 4.90 Å². The number of carbonyl (C=O) groups excluding carboxylic acids is 2. The van der Waals surface area contributed by atoms with Crippen LogP contribution in [0, 0.1) is 5.82 Å². The number of amides is 2. The molecule has 1 fully saturated rings. The Morgan fingerprint density at radius 3 is 2.77 bits per heavy atom. The summed E-state index contributed by atoms with van der Waals surface area (Å²) in [6.07, 6.45) is -1.04. The number of hydrogen-bond donors (Lipinski definition) is 1. The third kappa shape index (κ3) is 2.29. The van der Waals surface area contributed by atoms with E-state index in [1.807, 2.05) is 0 Å². The van der Waals surface area contributed by atoms with Gasteiger partial charge >= 0.3 is 6.09 Å². The topological polar surface area (TPSA) is 75.9 Å². The SMILES string of the molecule is NC[C@@H]1CN(c2cc(F)c3c(c2)CC(=O)N3CCF)C(=O)O1. The summed E-state index contributed by atoms with van der Waals surface area (Å²) >= 11 is 0. The fourth-order valence-electron chi connectivity index (χ4n) is 2.79. The van der Waals surface area contributed by atoms with E-state index in [0.29, 0.717) is 11.3 Å². The van der Waals surface area contributed by atoms with Crippen LogP contribution in [-0.4, -0.2) is 44.4 Å². The molecule has 2 aliphatic heterocycles. The summed E-state index contributed by atoms with van der Waals surface area (Å²) in [6.45, 7) is -0.514. The molecule has 3 rings (SSSR count). The van der Waals surface area contributed by atoms with Gasteiger partial charge in [-0.15, -0.1) is 0 Å². The molecule has 0 saturated carbocycles. The Labute approximate surface area is 125 Å². The molecule has 1 saturated heterocycles. The maximum Gasteiger partial charge on any atom is 0.414 e. The van der Waals surface area contributed by atoms with E-state index in [-0.39, 0.29) is 37.6 Å². The second-order valence-corrected chi connectivity index (χ2v) is 5.20. The molecule has 118 valence electrons. The van der Waals surface area contributed by atoms with Crippen molar-refractivity contribution < 1.29 is 23.1 Å². The number of nitrogens with two attached hydrogens (primary N) is 1. The minimum absolute atomic E-state index is 0.0106.